The molecule has 0 heterocycles. The summed E-state index contributed by atoms with van der Waals surface area (Å²) in [5, 5.41) is 59.9. The highest BCUT2D eigenvalue weighted by Crippen LogP contribution is 2.22. The quantitative estimate of drug-likeness (QED) is 0.0363. The molecule has 262 valence electrons. The van der Waals surface area contributed by atoms with Gasteiger partial charge in [0.2, 0.25) is 11.8 Å². The van der Waals surface area contributed by atoms with Gasteiger partial charge in [-0.25, -0.2) is 0 Å². The second-order valence-electron chi connectivity index (χ2n) is 9.93. The van der Waals surface area contributed by atoms with E-state index in [1.165, 1.54) is 21.6 Å². The Morgan fingerprint density at radius 1 is 0.500 bits per heavy atom. The molecular formula is C26H42N4O14S2. The number of carboxylic acids is 6. The van der Waals surface area contributed by atoms with E-state index in [0.29, 0.717) is 37.2 Å². The molecule has 20 heteroatoms. The number of aliphatic carboxylic acids is 6. The minimum atomic E-state index is -1.34. The lowest BCUT2D eigenvalue weighted by Crippen LogP contribution is -2.46. The predicted octanol–water partition coefficient (Wildman–Crippen LogP) is -0.430. The number of nitrogens with one attached hydrogen (secondary N) is 2. The molecule has 0 spiro atoms. The molecule has 8 N–H and O–H groups in total. The van der Waals surface area contributed by atoms with E-state index in [1.54, 1.807) is 0 Å². The van der Waals surface area contributed by atoms with Crippen LogP contribution in [0.4, 0.5) is 0 Å². The molecule has 0 aliphatic heterocycles. The first kappa shape index (κ1) is 42.4. The van der Waals surface area contributed by atoms with E-state index in [9.17, 15) is 48.6 Å². The Bertz CT molecular complexity index is 936. The van der Waals surface area contributed by atoms with E-state index in [0.717, 1.165) is 9.80 Å². The molecule has 0 aromatic rings. The van der Waals surface area contributed by atoms with Crippen LogP contribution in [0.3, 0.4) is 0 Å². The van der Waals surface area contributed by atoms with Crippen LogP contribution in [-0.4, -0.2) is 151 Å². The highest BCUT2D eigenvalue weighted by molar-refractivity contribution is 8.76. The van der Waals surface area contributed by atoms with Crippen LogP contribution >= 0.6 is 21.6 Å². The number of hydrogen-bond donors (Lipinski definition) is 8. The first-order valence-corrected chi connectivity index (χ1v) is 16.7. The van der Waals surface area contributed by atoms with Crippen LogP contribution in [0, 0.1) is 0 Å². The van der Waals surface area contributed by atoms with Gasteiger partial charge in [0.25, 0.3) is 0 Å². The maximum atomic E-state index is 12.0. The van der Waals surface area contributed by atoms with Gasteiger partial charge in [0.15, 0.2) is 0 Å². The average Bonchev–Trinajstić information content (AvgIpc) is 2.92. The molecule has 0 aliphatic rings. The summed E-state index contributed by atoms with van der Waals surface area (Å²) in [6, 6.07) is -2.57. The molecule has 0 saturated carbocycles. The fourth-order valence-corrected chi connectivity index (χ4v) is 6.10. The molecule has 18 nitrogen and oxygen atoms in total. The second kappa shape index (κ2) is 24.6. The Labute approximate surface area is 272 Å². The van der Waals surface area contributed by atoms with Crippen molar-refractivity contribution in [2.24, 2.45) is 0 Å². The Balaban J connectivity index is 4.10. The van der Waals surface area contributed by atoms with Crippen LogP contribution in [0.1, 0.15) is 51.4 Å². The number of carboxylic acid groups (broad SMARTS) is 6. The first-order valence-electron chi connectivity index (χ1n) is 14.2. The van der Waals surface area contributed by atoms with Gasteiger partial charge in [0.1, 0.15) is 12.1 Å². The summed E-state index contributed by atoms with van der Waals surface area (Å²) in [6.45, 7) is -2.38. The molecular weight excluding hydrogens is 656 g/mol. The molecule has 46 heavy (non-hydrogen) atoms. The molecule has 0 aromatic carbocycles. The number of nitrogens with zero attached hydrogens (tertiary/aromatic N) is 2. The summed E-state index contributed by atoms with van der Waals surface area (Å²) in [5.74, 6) is -7.54. The third kappa shape index (κ3) is 22.0. The van der Waals surface area contributed by atoms with Gasteiger partial charge < -0.3 is 41.3 Å². The number of carbonyl (C=O) groups excluding carboxylic acids is 2. The van der Waals surface area contributed by atoms with E-state index >= 15 is 0 Å². The van der Waals surface area contributed by atoms with Gasteiger partial charge in [-0.05, 0) is 38.5 Å². The Kier molecular flexibility index (Phi) is 22.7. The van der Waals surface area contributed by atoms with Gasteiger partial charge in [0.05, 0.1) is 26.2 Å². The van der Waals surface area contributed by atoms with Crippen molar-refractivity contribution >= 4 is 69.2 Å². The van der Waals surface area contributed by atoms with E-state index in [1.807, 2.05) is 0 Å². The van der Waals surface area contributed by atoms with Crippen LogP contribution < -0.4 is 10.6 Å². The minimum absolute atomic E-state index is 0.0129. The van der Waals surface area contributed by atoms with Crippen molar-refractivity contribution in [1.29, 1.82) is 0 Å². The van der Waals surface area contributed by atoms with E-state index in [4.69, 9.17) is 20.4 Å². The topological polar surface area (TPSA) is 288 Å². The van der Waals surface area contributed by atoms with Crippen LogP contribution in [0.15, 0.2) is 0 Å². The van der Waals surface area contributed by atoms with Crippen molar-refractivity contribution in [3.8, 4) is 0 Å². The van der Waals surface area contributed by atoms with Gasteiger partial charge >= 0.3 is 35.8 Å². The number of hydrogen-bond acceptors (Lipinski definition) is 12. The number of rotatable bonds is 29. The van der Waals surface area contributed by atoms with Crippen molar-refractivity contribution in [1.82, 2.24) is 20.4 Å². The molecule has 0 fully saturated rings. The van der Waals surface area contributed by atoms with E-state index in [-0.39, 0.29) is 50.6 Å². The van der Waals surface area contributed by atoms with Crippen LogP contribution in [0.2, 0.25) is 0 Å². The summed E-state index contributed by atoms with van der Waals surface area (Å²) in [6.07, 6.45) is 1.91. The molecule has 0 bridgehead atoms. The Hall–Kier alpha value is -3.62. The molecule has 0 saturated heterocycles. The molecule has 0 aliphatic carbocycles. The normalized spacial score (nSPS) is 12.3. The first-order chi connectivity index (χ1) is 21.6. The van der Waals surface area contributed by atoms with Crippen molar-refractivity contribution < 1.29 is 69.0 Å². The van der Waals surface area contributed by atoms with Gasteiger partial charge in [-0.2, -0.15) is 0 Å². The largest absolute Gasteiger partial charge is 0.480 e. The molecule has 0 rings (SSSR count). The Morgan fingerprint density at radius 2 is 0.804 bits per heavy atom. The zero-order chi connectivity index (χ0) is 35.1. The zero-order valence-corrected chi connectivity index (χ0v) is 26.8. The number of carbonyl (C=O) groups is 8. The fourth-order valence-electron chi connectivity index (χ4n) is 4.12. The fraction of sp³-hybridized carbons (Fsp3) is 0.692. The monoisotopic (exact) mass is 698 g/mol. The second-order valence-corrected chi connectivity index (χ2v) is 12.6. The van der Waals surface area contributed by atoms with Gasteiger partial charge in [-0.15, -0.1) is 0 Å². The SMILES string of the molecule is O=C(O)CN(CC(=O)O)C(CCCCNC(=O)CCSSCCC(=O)NCCCCC(C(=O)O)N(CC(=O)O)CC(=O)O)C(=O)O. The number of unbranched alkanes of at least 4 members (excludes halogenated alkanes) is 2. The Morgan fingerprint density at radius 3 is 1.07 bits per heavy atom. The highest BCUT2D eigenvalue weighted by atomic mass is 33.1. The lowest BCUT2D eigenvalue weighted by atomic mass is 10.1. The minimum Gasteiger partial charge on any atom is -0.480 e. The van der Waals surface area contributed by atoms with E-state index < -0.39 is 74.1 Å². The summed E-state index contributed by atoms with van der Waals surface area (Å²) in [7, 11) is 2.80. The highest BCUT2D eigenvalue weighted by Gasteiger charge is 2.29. The van der Waals surface area contributed by atoms with Crippen molar-refractivity contribution in [2.75, 3.05) is 50.8 Å². The molecule has 0 aromatic heterocycles. The lowest BCUT2D eigenvalue weighted by Gasteiger charge is -2.25. The van der Waals surface area contributed by atoms with E-state index in [2.05, 4.69) is 10.6 Å². The summed E-state index contributed by atoms with van der Waals surface area (Å²) < 4.78 is 0. The van der Waals surface area contributed by atoms with Crippen LogP contribution in [0.5, 0.6) is 0 Å². The zero-order valence-electron chi connectivity index (χ0n) is 25.1. The maximum Gasteiger partial charge on any atom is 0.320 e. The maximum absolute atomic E-state index is 12.0. The number of amides is 2. The molecule has 2 unspecified atom stereocenters. The van der Waals surface area contributed by atoms with Crippen molar-refractivity contribution in [2.45, 2.75) is 63.5 Å². The van der Waals surface area contributed by atoms with Gasteiger partial charge in [0, 0.05) is 37.4 Å². The van der Waals surface area contributed by atoms with Gasteiger partial charge in [-0.3, -0.25) is 48.2 Å². The molecule has 0 radical (unpaired) electrons. The van der Waals surface area contributed by atoms with Crippen molar-refractivity contribution in [3.63, 3.8) is 0 Å². The lowest BCUT2D eigenvalue weighted by molar-refractivity contribution is -0.152. The molecule has 2 amide bonds. The van der Waals surface area contributed by atoms with Crippen molar-refractivity contribution in [3.05, 3.63) is 0 Å². The molecule has 2 atom stereocenters. The standard InChI is InChI=1S/C26H42N4O14S2/c31-19(27-9-3-1-5-17(25(41)42)29(13-21(33)34)14-22(35)36)7-11-45-46-12-8-20(32)28-10-4-2-6-18(26(43)44)30(15-23(37)38)16-24(39)40/h17-18H,1-16H2,(H,27,31)(H,28,32)(H,33,34)(H,35,36)(H,37,38)(H,39,40)(H,41,42)(H,43,44). The smallest absolute Gasteiger partial charge is 0.320 e. The summed E-state index contributed by atoms with van der Waals surface area (Å²) in [4.78, 5) is 92.6. The van der Waals surface area contributed by atoms with Crippen LogP contribution in [-0.2, 0) is 38.4 Å². The third-order valence-electron chi connectivity index (χ3n) is 6.17. The predicted molar refractivity (Wildman–Crippen MR) is 164 cm³/mol. The van der Waals surface area contributed by atoms with Crippen LogP contribution in [0.25, 0.3) is 0 Å². The third-order valence-corrected chi connectivity index (χ3v) is 8.57. The van der Waals surface area contributed by atoms with Gasteiger partial charge in [-0.1, -0.05) is 21.6 Å². The summed E-state index contributed by atoms with van der Waals surface area (Å²) >= 11 is 0. The summed E-state index contributed by atoms with van der Waals surface area (Å²) in [5.41, 5.74) is 0. The average molecular weight is 699 g/mol.